The van der Waals surface area contributed by atoms with Gasteiger partial charge in [0.05, 0.1) is 31.5 Å². The Labute approximate surface area is 260 Å². The van der Waals surface area contributed by atoms with E-state index in [9.17, 15) is 24.1 Å². The van der Waals surface area contributed by atoms with Crippen molar-refractivity contribution in [3.05, 3.63) is 57.6 Å². The Bertz CT molecular complexity index is 1370. The van der Waals surface area contributed by atoms with Crippen molar-refractivity contribution >= 4 is 37.3 Å². The van der Waals surface area contributed by atoms with Gasteiger partial charge in [-0.2, -0.15) is 4.98 Å². The highest BCUT2D eigenvalue weighted by Crippen LogP contribution is 2.57. The fraction of sp³-hybridized carbons (Fsp3) is 0.571. The van der Waals surface area contributed by atoms with Crippen LogP contribution in [-0.2, 0) is 43.9 Å². The molecule has 0 spiro atoms. The van der Waals surface area contributed by atoms with Crippen LogP contribution < -0.4 is 11.0 Å². The van der Waals surface area contributed by atoms with E-state index >= 15 is 0 Å². The highest BCUT2D eigenvalue weighted by molar-refractivity contribution is 7.48. The van der Waals surface area contributed by atoms with Gasteiger partial charge in [0.2, 0.25) is 0 Å². The third kappa shape index (κ3) is 11.3. The minimum Gasteiger partial charge on any atom is -0.457 e. The molecule has 2 heterocycles. The van der Waals surface area contributed by atoms with E-state index in [1.807, 2.05) is 6.92 Å². The standard InChI is InChI=1S/C28H39ClN3O11P/c1-5-6-7-14-38-27(35)31-24-11-13-32(26(34)30-24)18-39-23(25(28(3,4)36)42-19(2)33)17-41-44(37)40-15-12-22(43-44)20-9-8-10-21(29)16-20/h8-11,13,16,22-23,25,36H,5-7,12,14-15,17-18H2,1-4H3,(H,30,31,34,35)/t22-,23+,25+,44?/m0/s1. The van der Waals surface area contributed by atoms with Gasteiger partial charge in [-0.05, 0) is 44.0 Å². The van der Waals surface area contributed by atoms with Crippen LogP contribution in [0.5, 0.6) is 0 Å². The number of esters is 1. The summed E-state index contributed by atoms with van der Waals surface area (Å²) in [5, 5.41) is 13.7. The average molecular weight is 660 g/mol. The van der Waals surface area contributed by atoms with Gasteiger partial charge < -0.3 is 19.3 Å². The zero-order valence-electron chi connectivity index (χ0n) is 25.1. The zero-order chi connectivity index (χ0) is 32.3. The number of nitrogens with zero attached hydrogens (tertiary/aromatic N) is 2. The van der Waals surface area contributed by atoms with Gasteiger partial charge in [-0.15, -0.1) is 0 Å². The maximum absolute atomic E-state index is 13.4. The van der Waals surface area contributed by atoms with Crippen LogP contribution in [-0.4, -0.2) is 64.3 Å². The van der Waals surface area contributed by atoms with E-state index in [2.05, 4.69) is 10.3 Å². The van der Waals surface area contributed by atoms with Gasteiger partial charge in [0.1, 0.15) is 18.7 Å². The van der Waals surface area contributed by atoms with Crippen LogP contribution in [0.3, 0.4) is 0 Å². The fourth-order valence-electron chi connectivity index (χ4n) is 4.18. The maximum Gasteiger partial charge on any atom is 0.475 e. The molecule has 2 aromatic rings. The first kappa shape index (κ1) is 35.6. The van der Waals surface area contributed by atoms with E-state index in [0.717, 1.165) is 30.8 Å². The molecule has 244 valence electrons. The first-order valence-electron chi connectivity index (χ1n) is 14.1. The molecule has 0 aliphatic carbocycles. The molecule has 1 aromatic heterocycles. The number of phosphoric ester groups is 1. The van der Waals surface area contributed by atoms with Gasteiger partial charge in [0, 0.05) is 24.6 Å². The second kappa shape index (κ2) is 16.5. The van der Waals surface area contributed by atoms with Gasteiger partial charge in [-0.25, -0.2) is 14.2 Å². The Morgan fingerprint density at radius 1 is 1.30 bits per heavy atom. The largest absolute Gasteiger partial charge is 0.475 e. The van der Waals surface area contributed by atoms with E-state index < -0.39 is 62.8 Å². The lowest BCUT2D eigenvalue weighted by molar-refractivity contribution is -0.188. The summed E-state index contributed by atoms with van der Waals surface area (Å²) >= 11 is 6.09. The van der Waals surface area contributed by atoms with Crippen LogP contribution in [0.1, 0.15) is 65.0 Å². The number of ether oxygens (including phenoxy) is 3. The number of nitrogens with one attached hydrogen (secondary N) is 1. The number of hydrogen-bond acceptors (Lipinski definition) is 12. The molecule has 1 aromatic carbocycles. The number of phosphoric acid groups is 1. The van der Waals surface area contributed by atoms with E-state index in [1.54, 1.807) is 24.3 Å². The molecule has 1 amide bonds. The molecule has 1 fully saturated rings. The molecule has 2 N–H and O–H groups in total. The molecule has 3 rings (SSSR count). The highest BCUT2D eigenvalue weighted by Gasteiger charge is 2.42. The second-order valence-electron chi connectivity index (χ2n) is 10.6. The second-order valence-corrected chi connectivity index (χ2v) is 12.6. The third-order valence-corrected chi connectivity index (χ3v) is 8.05. The van der Waals surface area contributed by atoms with Gasteiger partial charge in [0.15, 0.2) is 6.10 Å². The molecule has 1 aliphatic rings. The molecule has 0 bridgehead atoms. The number of hydrogen-bond donors (Lipinski definition) is 2. The smallest absolute Gasteiger partial charge is 0.457 e. The number of anilines is 1. The molecule has 4 atom stereocenters. The normalized spacial score (nSPS) is 20.0. The quantitative estimate of drug-likeness (QED) is 0.149. The molecule has 1 saturated heterocycles. The van der Waals surface area contributed by atoms with Crippen molar-refractivity contribution in [1.82, 2.24) is 9.55 Å². The summed E-state index contributed by atoms with van der Waals surface area (Å²) in [5.41, 5.74) is -1.75. The van der Waals surface area contributed by atoms with Crippen molar-refractivity contribution in [2.45, 2.75) is 84.0 Å². The molecule has 1 aliphatic heterocycles. The predicted molar refractivity (Wildman–Crippen MR) is 159 cm³/mol. The number of carbonyl (C=O) groups is 2. The predicted octanol–water partition coefficient (Wildman–Crippen LogP) is 4.98. The third-order valence-electron chi connectivity index (χ3n) is 6.34. The molecule has 0 radical (unpaired) electrons. The summed E-state index contributed by atoms with van der Waals surface area (Å²) in [6.07, 6.45) is 0.364. The molecule has 0 saturated carbocycles. The lowest BCUT2D eigenvalue weighted by Gasteiger charge is -2.36. The highest BCUT2D eigenvalue weighted by atomic mass is 35.5. The number of aliphatic hydroxyl groups is 1. The first-order valence-corrected chi connectivity index (χ1v) is 16.0. The van der Waals surface area contributed by atoms with E-state index in [-0.39, 0.29) is 19.0 Å². The minimum absolute atomic E-state index is 0.0279. The van der Waals surface area contributed by atoms with Gasteiger partial charge in [0.25, 0.3) is 0 Å². The van der Waals surface area contributed by atoms with E-state index in [1.165, 1.54) is 26.1 Å². The van der Waals surface area contributed by atoms with Crippen LogP contribution in [0.4, 0.5) is 10.6 Å². The number of halogens is 1. The molecule has 1 unspecified atom stereocenters. The topological polar surface area (TPSA) is 174 Å². The van der Waals surface area contributed by atoms with Crippen LogP contribution >= 0.6 is 19.4 Å². The van der Waals surface area contributed by atoms with Crippen molar-refractivity contribution < 1.29 is 47.0 Å². The number of aromatic nitrogens is 2. The van der Waals surface area contributed by atoms with Crippen LogP contribution in [0.25, 0.3) is 0 Å². The number of benzene rings is 1. The van der Waals surface area contributed by atoms with Gasteiger partial charge in [-0.1, -0.05) is 43.5 Å². The van der Waals surface area contributed by atoms with Crippen molar-refractivity contribution in [1.29, 1.82) is 0 Å². The van der Waals surface area contributed by atoms with E-state index in [0.29, 0.717) is 17.0 Å². The molecular weight excluding hydrogens is 621 g/mol. The Balaban J connectivity index is 1.71. The first-order chi connectivity index (χ1) is 20.8. The SMILES string of the molecule is CCCCCOC(=O)Nc1ccn(CO[C@H](COP2(=O)OCC[C@@H](c3cccc(Cl)c3)O2)[C@@H](OC(C)=O)C(C)(C)O)c(=O)n1. The zero-order valence-corrected chi connectivity index (χ0v) is 26.8. The Morgan fingerprint density at radius 2 is 2.07 bits per heavy atom. The molecule has 16 heteroatoms. The Kier molecular flexibility index (Phi) is 13.3. The summed E-state index contributed by atoms with van der Waals surface area (Å²) in [7, 11) is -4.15. The van der Waals surface area contributed by atoms with Gasteiger partial charge >= 0.3 is 25.6 Å². The minimum atomic E-state index is -4.15. The molecule has 44 heavy (non-hydrogen) atoms. The number of unbranched alkanes of at least 4 members (excludes halogenated alkanes) is 2. The van der Waals surface area contributed by atoms with Crippen molar-refractivity contribution in [3.63, 3.8) is 0 Å². The fourth-order valence-corrected chi connectivity index (χ4v) is 5.78. The maximum atomic E-state index is 13.4. The van der Waals surface area contributed by atoms with E-state index in [4.69, 9.17) is 39.4 Å². The summed E-state index contributed by atoms with van der Waals surface area (Å²) < 4.78 is 47.4. The molecule has 14 nitrogen and oxygen atoms in total. The number of rotatable bonds is 15. The Morgan fingerprint density at radius 3 is 2.73 bits per heavy atom. The van der Waals surface area contributed by atoms with Crippen LogP contribution in [0.2, 0.25) is 5.02 Å². The number of carbonyl (C=O) groups excluding carboxylic acids is 2. The van der Waals surface area contributed by atoms with Crippen LogP contribution in [0.15, 0.2) is 41.3 Å². The Hall–Kier alpha value is -2.84. The lowest BCUT2D eigenvalue weighted by atomic mass is 9.97. The average Bonchev–Trinajstić information content (AvgIpc) is 2.95. The van der Waals surface area contributed by atoms with Crippen molar-refractivity contribution in [2.75, 3.05) is 25.1 Å². The summed E-state index contributed by atoms with van der Waals surface area (Å²) in [6.45, 7) is 5.29. The van der Waals surface area contributed by atoms with Crippen molar-refractivity contribution in [2.24, 2.45) is 0 Å². The van der Waals surface area contributed by atoms with Crippen molar-refractivity contribution in [3.8, 4) is 0 Å². The number of amides is 1. The summed E-state index contributed by atoms with van der Waals surface area (Å²) in [5.74, 6) is -0.751. The lowest BCUT2D eigenvalue weighted by Crippen LogP contribution is -2.50. The summed E-state index contributed by atoms with van der Waals surface area (Å²) in [6, 6.07) is 8.25. The van der Waals surface area contributed by atoms with Crippen LogP contribution in [0, 0.1) is 0 Å². The monoisotopic (exact) mass is 659 g/mol. The molecular formula is C28H39ClN3O11P. The van der Waals surface area contributed by atoms with Gasteiger partial charge in [-0.3, -0.25) is 28.2 Å². The summed E-state index contributed by atoms with van der Waals surface area (Å²) in [4.78, 5) is 40.3.